The topological polar surface area (TPSA) is 87.5 Å². The molecule has 6 nitrogen and oxygen atoms in total. The van der Waals surface area contributed by atoms with Crippen LogP contribution in [0.25, 0.3) is 0 Å². The normalized spacial score (nSPS) is 14.1. The van der Waals surface area contributed by atoms with Crippen LogP contribution in [0.3, 0.4) is 0 Å². The summed E-state index contributed by atoms with van der Waals surface area (Å²) in [6.07, 6.45) is 3.51. The standard InChI is InChI=1S/C16H24N4O2/c1-18-8-4-5-15(21)19-13-11-12(16(17)22)6-7-14(13)20-9-2-3-10-20/h6-7,11,18H,2-5,8-10H2,1H3,(H2,17,22)(H,19,21). The summed E-state index contributed by atoms with van der Waals surface area (Å²) in [5, 5.41) is 5.94. The first-order chi connectivity index (χ1) is 10.6. The summed E-state index contributed by atoms with van der Waals surface area (Å²) in [6.45, 7) is 2.74. The second-order valence-electron chi connectivity index (χ2n) is 5.55. The molecule has 1 saturated heterocycles. The van der Waals surface area contributed by atoms with Gasteiger partial charge in [0.1, 0.15) is 0 Å². The monoisotopic (exact) mass is 304 g/mol. The lowest BCUT2D eigenvalue weighted by atomic mass is 10.1. The molecule has 1 aromatic carbocycles. The number of hydrogen-bond acceptors (Lipinski definition) is 4. The number of amides is 2. The maximum absolute atomic E-state index is 12.1. The Hall–Kier alpha value is -2.08. The fourth-order valence-electron chi connectivity index (χ4n) is 2.66. The van der Waals surface area contributed by atoms with Gasteiger partial charge in [-0.2, -0.15) is 0 Å². The van der Waals surface area contributed by atoms with E-state index in [4.69, 9.17) is 5.73 Å². The highest BCUT2D eigenvalue weighted by atomic mass is 16.2. The number of hydrogen-bond donors (Lipinski definition) is 3. The van der Waals surface area contributed by atoms with Crippen LogP contribution >= 0.6 is 0 Å². The van der Waals surface area contributed by atoms with E-state index in [1.165, 1.54) is 0 Å². The van der Waals surface area contributed by atoms with Gasteiger partial charge in [-0.05, 0) is 51.1 Å². The highest BCUT2D eigenvalue weighted by molar-refractivity contribution is 5.99. The Kier molecular flexibility index (Phi) is 5.77. The molecule has 0 radical (unpaired) electrons. The van der Waals surface area contributed by atoms with Crippen LogP contribution in [0, 0.1) is 0 Å². The minimum absolute atomic E-state index is 0.0442. The van der Waals surface area contributed by atoms with E-state index in [9.17, 15) is 9.59 Å². The van der Waals surface area contributed by atoms with Crippen LogP contribution in [0.15, 0.2) is 18.2 Å². The molecule has 0 aromatic heterocycles. The lowest BCUT2D eigenvalue weighted by Crippen LogP contribution is -2.22. The van der Waals surface area contributed by atoms with Gasteiger partial charge in [-0.3, -0.25) is 9.59 Å². The fourth-order valence-corrected chi connectivity index (χ4v) is 2.66. The van der Waals surface area contributed by atoms with Gasteiger partial charge < -0.3 is 21.3 Å². The lowest BCUT2D eigenvalue weighted by Gasteiger charge is -2.22. The highest BCUT2D eigenvalue weighted by Crippen LogP contribution is 2.30. The van der Waals surface area contributed by atoms with E-state index in [1.807, 2.05) is 13.1 Å². The quantitative estimate of drug-likeness (QED) is 0.663. The number of carbonyl (C=O) groups is 2. The van der Waals surface area contributed by atoms with Gasteiger partial charge in [0.05, 0.1) is 11.4 Å². The van der Waals surface area contributed by atoms with Gasteiger partial charge in [0.15, 0.2) is 0 Å². The van der Waals surface area contributed by atoms with Crippen molar-refractivity contribution in [1.82, 2.24) is 5.32 Å². The van der Waals surface area contributed by atoms with Gasteiger partial charge in [0, 0.05) is 25.1 Å². The van der Waals surface area contributed by atoms with E-state index in [0.29, 0.717) is 17.7 Å². The fraction of sp³-hybridized carbons (Fsp3) is 0.500. The molecular formula is C16H24N4O2. The molecular weight excluding hydrogens is 280 g/mol. The van der Waals surface area contributed by atoms with Crippen LogP contribution in [0.4, 0.5) is 11.4 Å². The van der Waals surface area contributed by atoms with Crippen molar-refractivity contribution in [3.8, 4) is 0 Å². The minimum Gasteiger partial charge on any atom is -0.370 e. The second kappa shape index (κ2) is 7.79. The number of anilines is 2. The summed E-state index contributed by atoms with van der Waals surface area (Å²) < 4.78 is 0. The zero-order valence-corrected chi connectivity index (χ0v) is 13.0. The van der Waals surface area contributed by atoms with Crippen LogP contribution in [0.2, 0.25) is 0 Å². The lowest BCUT2D eigenvalue weighted by molar-refractivity contribution is -0.116. The smallest absolute Gasteiger partial charge is 0.248 e. The Bertz CT molecular complexity index is 539. The first-order valence-corrected chi connectivity index (χ1v) is 7.75. The number of nitrogens with two attached hydrogens (primary N) is 1. The molecule has 0 bridgehead atoms. The molecule has 0 aliphatic carbocycles. The zero-order chi connectivity index (χ0) is 15.9. The van der Waals surface area contributed by atoms with E-state index >= 15 is 0 Å². The predicted molar refractivity (Wildman–Crippen MR) is 88.2 cm³/mol. The molecule has 2 rings (SSSR count). The second-order valence-corrected chi connectivity index (χ2v) is 5.55. The van der Waals surface area contributed by atoms with Crippen LogP contribution in [-0.4, -0.2) is 38.5 Å². The van der Waals surface area contributed by atoms with Gasteiger partial charge in [-0.1, -0.05) is 0 Å². The van der Waals surface area contributed by atoms with Gasteiger partial charge in [-0.25, -0.2) is 0 Å². The summed E-state index contributed by atoms with van der Waals surface area (Å²) in [4.78, 5) is 25.7. The van der Waals surface area contributed by atoms with E-state index in [1.54, 1.807) is 12.1 Å². The molecule has 0 saturated carbocycles. The van der Waals surface area contributed by atoms with E-state index in [2.05, 4.69) is 15.5 Å². The average Bonchev–Trinajstić information content (AvgIpc) is 3.01. The maximum Gasteiger partial charge on any atom is 0.248 e. The summed E-state index contributed by atoms with van der Waals surface area (Å²) >= 11 is 0. The number of carbonyl (C=O) groups excluding carboxylic acids is 2. The molecule has 1 aliphatic rings. The van der Waals surface area contributed by atoms with Crippen molar-refractivity contribution in [2.75, 3.05) is 36.9 Å². The van der Waals surface area contributed by atoms with Gasteiger partial charge in [-0.15, -0.1) is 0 Å². The molecule has 0 atom stereocenters. The number of rotatable bonds is 7. The molecule has 2 amide bonds. The van der Waals surface area contributed by atoms with Crippen molar-refractivity contribution in [3.63, 3.8) is 0 Å². The Balaban J connectivity index is 2.15. The van der Waals surface area contributed by atoms with Crippen molar-refractivity contribution in [3.05, 3.63) is 23.8 Å². The molecule has 120 valence electrons. The van der Waals surface area contributed by atoms with Crippen LogP contribution < -0.4 is 21.3 Å². The summed E-state index contributed by atoms with van der Waals surface area (Å²) in [7, 11) is 1.86. The Labute approximate surface area is 131 Å². The first kappa shape index (κ1) is 16.3. The van der Waals surface area contributed by atoms with E-state index in [-0.39, 0.29) is 5.91 Å². The van der Waals surface area contributed by atoms with Crippen molar-refractivity contribution in [1.29, 1.82) is 0 Å². The molecule has 1 fully saturated rings. The van der Waals surface area contributed by atoms with Gasteiger partial charge >= 0.3 is 0 Å². The van der Waals surface area contributed by atoms with Crippen LogP contribution in [0.1, 0.15) is 36.0 Å². The third-order valence-corrected chi connectivity index (χ3v) is 3.83. The number of primary amides is 1. The molecule has 0 spiro atoms. The summed E-state index contributed by atoms with van der Waals surface area (Å²) in [5.74, 6) is -0.532. The minimum atomic E-state index is -0.487. The summed E-state index contributed by atoms with van der Waals surface area (Å²) in [6, 6.07) is 5.26. The molecule has 1 aliphatic heterocycles. The third-order valence-electron chi connectivity index (χ3n) is 3.83. The van der Waals surface area contributed by atoms with Crippen LogP contribution in [-0.2, 0) is 4.79 Å². The number of nitrogens with zero attached hydrogens (tertiary/aromatic N) is 1. The first-order valence-electron chi connectivity index (χ1n) is 7.75. The molecule has 4 N–H and O–H groups in total. The van der Waals surface area contributed by atoms with Gasteiger partial charge in [0.2, 0.25) is 11.8 Å². The molecule has 22 heavy (non-hydrogen) atoms. The van der Waals surface area contributed by atoms with Crippen LogP contribution in [0.5, 0.6) is 0 Å². The molecule has 1 aromatic rings. The Morgan fingerprint density at radius 2 is 2.00 bits per heavy atom. The number of nitrogens with one attached hydrogen (secondary N) is 2. The van der Waals surface area contributed by atoms with E-state index in [0.717, 1.165) is 44.6 Å². The van der Waals surface area contributed by atoms with E-state index < -0.39 is 5.91 Å². The zero-order valence-electron chi connectivity index (χ0n) is 13.0. The van der Waals surface area contributed by atoms with Gasteiger partial charge in [0.25, 0.3) is 0 Å². The van der Waals surface area contributed by atoms with Crippen molar-refractivity contribution in [2.24, 2.45) is 5.73 Å². The van der Waals surface area contributed by atoms with Crippen molar-refractivity contribution in [2.45, 2.75) is 25.7 Å². The number of benzene rings is 1. The van der Waals surface area contributed by atoms with Crippen molar-refractivity contribution < 1.29 is 9.59 Å². The molecule has 6 heteroatoms. The van der Waals surface area contributed by atoms with Crippen molar-refractivity contribution >= 4 is 23.2 Å². The SMILES string of the molecule is CNCCCC(=O)Nc1cc(C(N)=O)ccc1N1CCCC1. The molecule has 1 heterocycles. The summed E-state index contributed by atoms with van der Waals surface area (Å²) in [5.41, 5.74) is 7.39. The third kappa shape index (κ3) is 4.21. The maximum atomic E-state index is 12.1. The average molecular weight is 304 g/mol. The Morgan fingerprint density at radius 1 is 1.27 bits per heavy atom. The highest BCUT2D eigenvalue weighted by Gasteiger charge is 2.18. The molecule has 0 unspecified atom stereocenters. The Morgan fingerprint density at radius 3 is 2.64 bits per heavy atom. The predicted octanol–water partition coefficient (Wildman–Crippen LogP) is 1.32. The largest absolute Gasteiger partial charge is 0.370 e.